The van der Waals surface area contributed by atoms with Crippen LogP contribution < -0.4 is 5.32 Å². The van der Waals surface area contributed by atoms with Crippen molar-refractivity contribution >= 4 is 0 Å². The summed E-state index contributed by atoms with van der Waals surface area (Å²) in [6, 6.07) is 0.000394. The van der Waals surface area contributed by atoms with Crippen LogP contribution in [-0.4, -0.2) is 31.0 Å². The zero-order chi connectivity index (χ0) is 9.41. The molecule has 2 unspecified atom stereocenters. The Bertz CT molecular complexity index is 161. The Kier molecular flexibility index (Phi) is 2.35. The Morgan fingerprint density at radius 1 is 1.50 bits per heavy atom. The minimum Gasteiger partial charge on any atom is -0.363 e. The molecule has 1 N–H and O–H groups in total. The molecule has 1 aliphatic heterocycles. The lowest BCUT2D eigenvalue weighted by atomic mass is 10.0. The zero-order valence-electron chi connectivity index (χ0n) is 7.03. The SMILES string of the molecule is CC1COC(C)(C(F)(F)F)CN1. The quantitative estimate of drug-likeness (QED) is 0.611. The van der Waals surface area contributed by atoms with Crippen molar-refractivity contribution in [3.05, 3.63) is 0 Å². The molecule has 0 spiro atoms. The van der Waals surface area contributed by atoms with Crippen molar-refractivity contribution in [2.45, 2.75) is 31.7 Å². The second-order valence-electron chi connectivity index (χ2n) is 3.32. The van der Waals surface area contributed by atoms with Crippen molar-refractivity contribution in [1.82, 2.24) is 5.32 Å². The summed E-state index contributed by atoms with van der Waals surface area (Å²) in [5.41, 5.74) is -2.01. The van der Waals surface area contributed by atoms with Crippen LogP contribution in [0, 0.1) is 0 Å². The topological polar surface area (TPSA) is 21.3 Å². The number of rotatable bonds is 0. The minimum atomic E-state index is -4.29. The van der Waals surface area contributed by atoms with E-state index in [1.807, 2.05) is 0 Å². The molecule has 0 amide bonds. The molecule has 12 heavy (non-hydrogen) atoms. The van der Waals surface area contributed by atoms with Crippen molar-refractivity contribution < 1.29 is 17.9 Å². The first-order chi connectivity index (χ1) is 5.35. The molecule has 2 atom stereocenters. The molecule has 1 aliphatic rings. The summed E-state index contributed by atoms with van der Waals surface area (Å²) < 4.78 is 41.6. The molecule has 0 aromatic rings. The Morgan fingerprint density at radius 3 is 2.42 bits per heavy atom. The Morgan fingerprint density at radius 2 is 2.08 bits per heavy atom. The highest BCUT2D eigenvalue weighted by Crippen LogP contribution is 2.34. The van der Waals surface area contributed by atoms with E-state index >= 15 is 0 Å². The Balaban J connectivity index is 2.62. The molecule has 0 bridgehead atoms. The third-order valence-electron chi connectivity index (χ3n) is 2.04. The van der Waals surface area contributed by atoms with Crippen molar-refractivity contribution in [3.63, 3.8) is 0 Å². The van der Waals surface area contributed by atoms with Gasteiger partial charge in [-0.25, -0.2) is 0 Å². The fourth-order valence-electron chi connectivity index (χ4n) is 0.970. The number of alkyl halides is 3. The van der Waals surface area contributed by atoms with E-state index in [2.05, 4.69) is 5.32 Å². The van der Waals surface area contributed by atoms with Crippen LogP contribution in [-0.2, 0) is 4.74 Å². The van der Waals surface area contributed by atoms with Crippen molar-refractivity contribution in [2.75, 3.05) is 13.2 Å². The number of halogens is 3. The van der Waals surface area contributed by atoms with Gasteiger partial charge < -0.3 is 10.1 Å². The fourth-order valence-corrected chi connectivity index (χ4v) is 0.970. The standard InChI is InChI=1S/C7H12F3NO/c1-5-3-12-6(2,4-11-5)7(8,9)10/h5,11H,3-4H2,1-2H3. The number of morpholine rings is 1. The molecular weight excluding hydrogens is 171 g/mol. The van der Waals surface area contributed by atoms with Gasteiger partial charge in [-0.2, -0.15) is 13.2 Å². The molecule has 0 radical (unpaired) electrons. The van der Waals surface area contributed by atoms with Gasteiger partial charge in [0.2, 0.25) is 0 Å². The highest BCUT2D eigenvalue weighted by atomic mass is 19.4. The van der Waals surface area contributed by atoms with Gasteiger partial charge >= 0.3 is 6.18 Å². The fraction of sp³-hybridized carbons (Fsp3) is 1.00. The molecule has 72 valence electrons. The van der Waals surface area contributed by atoms with E-state index in [1.54, 1.807) is 6.92 Å². The lowest BCUT2D eigenvalue weighted by Crippen LogP contribution is -2.59. The van der Waals surface area contributed by atoms with Gasteiger partial charge in [-0.1, -0.05) is 0 Å². The number of hydrogen-bond acceptors (Lipinski definition) is 2. The van der Waals surface area contributed by atoms with Crippen LogP contribution in [0.3, 0.4) is 0 Å². The van der Waals surface area contributed by atoms with E-state index in [-0.39, 0.29) is 19.2 Å². The maximum atomic E-state index is 12.3. The van der Waals surface area contributed by atoms with E-state index in [0.29, 0.717) is 0 Å². The van der Waals surface area contributed by atoms with Crippen LogP contribution in [0.15, 0.2) is 0 Å². The maximum absolute atomic E-state index is 12.3. The summed E-state index contributed by atoms with van der Waals surface area (Å²) in [7, 11) is 0. The van der Waals surface area contributed by atoms with Crippen LogP contribution in [0.4, 0.5) is 13.2 Å². The first-order valence-corrected chi connectivity index (χ1v) is 3.79. The van der Waals surface area contributed by atoms with Crippen LogP contribution in [0.25, 0.3) is 0 Å². The summed E-state index contributed by atoms with van der Waals surface area (Å²) in [4.78, 5) is 0. The largest absolute Gasteiger partial charge is 0.418 e. The van der Waals surface area contributed by atoms with Gasteiger partial charge in [0.15, 0.2) is 5.60 Å². The lowest BCUT2D eigenvalue weighted by molar-refractivity contribution is -0.279. The average Bonchev–Trinajstić information content (AvgIpc) is 1.93. The molecular formula is C7H12F3NO. The van der Waals surface area contributed by atoms with E-state index in [9.17, 15) is 13.2 Å². The van der Waals surface area contributed by atoms with Crippen LogP contribution in [0.1, 0.15) is 13.8 Å². The van der Waals surface area contributed by atoms with Crippen LogP contribution in [0.2, 0.25) is 0 Å². The normalized spacial score (nSPS) is 38.2. The van der Waals surface area contributed by atoms with Gasteiger partial charge in [-0.15, -0.1) is 0 Å². The third-order valence-corrected chi connectivity index (χ3v) is 2.04. The molecule has 5 heteroatoms. The lowest BCUT2D eigenvalue weighted by Gasteiger charge is -2.38. The van der Waals surface area contributed by atoms with Crippen LogP contribution in [0.5, 0.6) is 0 Å². The predicted octanol–water partition coefficient (Wildman–Crippen LogP) is 1.32. The number of hydrogen-bond donors (Lipinski definition) is 1. The highest BCUT2D eigenvalue weighted by molar-refractivity contribution is 4.90. The Hall–Kier alpha value is -0.290. The second-order valence-corrected chi connectivity index (χ2v) is 3.32. The van der Waals surface area contributed by atoms with Crippen molar-refractivity contribution in [2.24, 2.45) is 0 Å². The third kappa shape index (κ3) is 1.72. The molecule has 2 nitrogen and oxygen atoms in total. The molecule has 0 aromatic heterocycles. The van der Waals surface area contributed by atoms with Gasteiger partial charge in [0, 0.05) is 12.6 Å². The molecule has 0 saturated carbocycles. The molecule has 0 aromatic carbocycles. The first kappa shape index (κ1) is 9.80. The molecule has 1 rings (SSSR count). The first-order valence-electron chi connectivity index (χ1n) is 3.79. The molecule has 1 saturated heterocycles. The summed E-state index contributed by atoms with van der Waals surface area (Å²) in [6.07, 6.45) is -4.29. The smallest absolute Gasteiger partial charge is 0.363 e. The predicted molar refractivity (Wildman–Crippen MR) is 37.9 cm³/mol. The molecule has 1 fully saturated rings. The minimum absolute atomic E-state index is 0.000394. The monoisotopic (exact) mass is 183 g/mol. The average molecular weight is 183 g/mol. The maximum Gasteiger partial charge on any atom is 0.418 e. The van der Waals surface area contributed by atoms with E-state index in [1.165, 1.54) is 0 Å². The second kappa shape index (κ2) is 2.88. The molecule has 1 heterocycles. The zero-order valence-corrected chi connectivity index (χ0v) is 7.03. The van der Waals surface area contributed by atoms with E-state index in [4.69, 9.17) is 4.74 Å². The summed E-state index contributed by atoms with van der Waals surface area (Å²) >= 11 is 0. The van der Waals surface area contributed by atoms with E-state index in [0.717, 1.165) is 6.92 Å². The van der Waals surface area contributed by atoms with Gasteiger partial charge in [0.05, 0.1) is 6.61 Å². The highest BCUT2D eigenvalue weighted by Gasteiger charge is 2.53. The summed E-state index contributed by atoms with van der Waals surface area (Å²) in [5.74, 6) is 0. The van der Waals surface area contributed by atoms with Gasteiger partial charge in [0.1, 0.15) is 0 Å². The van der Waals surface area contributed by atoms with Crippen molar-refractivity contribution in [3.8, 4) is 0 Å². The van der Waals surface area contributed by atoms with Gasteiger partial charge in [-0.05, 0) is 13.8 Å². The summed E-state index contributed by atoms with van der Waals surface area (Å²) in [6.45, 7) is 2.79. The van der Waals surface area contributed by atoms with Gasteiger partial charge in [0.25, 0.3) is 0 Å². The molecule has 0 aliphatic carbocycles. The van der Waals surface area contributed by atoms with Crippen molar-refractivity contribution in [1.29, 1.82) is 0 Å². The number of ether oxygens (including phenoxy) is 1. The summed E-state index contributed by atoms with van der Waals surface area (Å²) in [5, 5.41) is 2.73. The van der Waals surface area contributed by atoms with Crippen LogP contribution >= 0.6 is 0 Å². The number of nitrogens with one attached hydrogen (secondary N) is 1. The Labute approximate surface area is 69.1 Å². The van der Waals surface area contributed by atoms with Gasteiger partial charge in [-0.3, -0.25) is 0 Å². The van der Waals surface area contributed by atoms with E-state index < -0.39 is 11.8 Å².